The molecule has 0 amide bonds. The van der Waals surface area contributed by atoms with Gasteiger partial charge in [-0.05, 0) is 35.7 Å². The highest BCUT2D eigenvalue weighted by molar-refractivity contribution is 5.58. The minimum atomic E-state index is 0.536. The Bertz CT molecular complexity index is 435. The first kappa shape index (κ1) is 9.84. The van der Waals surface area contributed by atoms with Gasteiger partial charge in [0.05, 0.1) is 5.69 Å². The molecule has 0 radical (unpaired) electrons. The van der Waals surface area contributed by atoms with E-state index in [0.717, 1.165) is 11.3 Å². The molecular weight excluding hydrogens is 184 g/mol. The zero-order valence-corrected chi connectivity index (χ0v) is 9.01. The molecule has 0 N–H and O–H groups in total. The summed E-state index contributed by atoms with van der Waals surface area (Å²) in [5.41, 5.74) is 3.45. The van der Waals surface area contributed by atoms with E-state index in [1.54, 1.807) is 12.4 Å². The Hall–Kier alpha value is -1.70. The van der Waals surface area contributed by atoms with E-state index in [-0.39, 0.29) is 0 Å². The molecule has 2 aromatic heterocycles. The molecule has 0 atom stereocenters. The van der Waals surface area contributed by atoms with Crippen LogP contribution in [-0.2, 0) is 0 Å². The van der Waals surface area contributed by atoms with E-state index in [1.807, 2.05) is 18.3 Å². The van der Waals surface area contributed by atoms with Crippen LogP contribution in [0.15, 0.2) is 42.9 Å². The first-order valence-electron chi connectivity index (χ1n) is 5.13. The van der Waals surface area contributed by atoms with Gasteiger partial charge in [-0.1, -0.05) is 13.8 Å². The van der Waals surface area contributed by atoms with Crippen LogP contribution in [0.2, 0.25) is 0 Å². The SMILES string of the molecule is CC(C)c1ccnc(-c2ccncc2)c1. The third-order valence-electron chi connectivity index (χ3n) is 2.43. The molecule has 0 saturated carbocycles. The molecule has 0 unspecified atom stereocenters. The van der Waals surface area contributed by atoms with Gasteiger partial charge < -0.3 is 0 Å². The number of aromatic nitrogens is 2. The van der Waals surface area contributed by atoms with E-state index >= 15 is 0 Å². The molecular formula is C13H14N2. The number of nitrogens with zero attached hydrogens (tertiary/aromatic N) is 2. The fraction of sp³-hybridized carbons (Fsp3) is 0.231. The highest BCUT2D eigenvalue weighted by atomic mass is 14.7. The van der Waals surface area contributed by atoms with Crippen molar-refractivity contribution in [3.63, 3.8) is 0 Å². The summed E-state index contributed by atoms with van der Waals surface area (Å²) in [4.78, 5) is 8.36. The quantitative estimate of drug-likeness (QED) is 0.740. The molecule has 2 heteroatoms. The van der Waals surface area contributed by atoms with Crippen molar-refractivity contribution < 1.29 is 0 Å². The van der Waals surface area contributed by atoms with Gasteiger partial charge >= 0.3 is 0 Å². The minimum Gasteiger partial charge on any atom is -0.265 e. The standard InChI is InChI=1S/C13H14N2/c1-10(2)12-5-8-15-13(9-12)11-3-6-14-7-4-11/h3-10H,1-2H3. The lowest BCUT2D eigenvalue weighted by Crippen LogP contribution is -1.90. The van der Waals surface area contributed by atoms with Gasteiger partial charge in [0.1, 0.15) is 0 Å². The Labute approximate surface area is 90.0 Å². The molecule has 0 fully saturated rings. The van der Waals surface area contributed by atoms with Gasteiger partial charge in [-0.2, -0.15) is 0 Å². The second-order valence-corrected chi connectivity index (χ2v) is 3.87. The molecule has 76 valence electrons. The largest absolute Gasteiger partial charge is 0.265 e. The van der Waals surface area contributed by atoms with Crippen LogP contribution in [-0.4, -0.2) is 9.97 Å². The summed E-state index contributed by atoms with van der Waals surface area (Å²) in [6.45, 7) is 4.37. The lowest BCUT2D eigenvalue weighted by molar-refractivity contribution is 0.864. The van der Waals surface area contributed by atoms with Crippen LogP contribution >= 0.6 is 0 Å². The van der Waals surface area contributed by atoms with Crippen molar-refractivity contribution in [2.24, 2.45) is 0 Å². The predicted octanol–water partition coefficient (Wildman–Crippen LogP) is 3.27. The van der Waals surface area contributed by atoms with Crippen LogP contribution in [0, 0.1) is 0 Å². The third kappa shape index (κ3) is 2.21. The Morgan fingerprint density at radius 2 is 1.73 bits per heavy atom. The van der Waals surface area contributed by atoms with E-state index < -0.39 is 0 Å². The summed E-state index contributed by atoms with van der Waals surface area (Å²) in [7, 11) is 0. The predicted molar refractivity (Wildman–Crippen MR) is 61.6 cm³/mol. The van der Waals surface area contributed by atoms with Crippen molar-refractivity contribution >= 4 is 0 Å². The summed E-state index contributed by atoms with van der Waals surface area (Å²) >= 11 is 0. The topological polar surface area (TPSA) is 25.8 Å². The van der Waals surface area contributed by atoms with E-state index in [2.05, 4.69) is 35.9 Å². The maximum Gasteiger partial charge on any atom is 0.0705 e. The monoisotopic (exact) mass is 198 g/mol. The van der Waals surface area contributed by atoms with Crippen LogP contribution in [0.4, 0.5) is 0 Å². The van der Waals surface area contributed by atoms with Crippen LogP contribution in [0.1, 0.15) is 25.3 Å². The van der Waals surface area contributed by atoms with E-state index in [1.165, 1.54) is 5.56 Å². The summed E-state index contributed by atoms with van der Waals surface area (Å²) in [5.74, 6) is 0.536. The molecule has 0 bridgehead atoms. The molecule has 0 aliphatic rings. The Kier molecular flexibility index (Phi) is 2.77. The highest BCUT2D eigenvalue weighted by Crippen LogP contribution is 2.20. The fourth-order valence-electron chi connectivity index (χ4n) is 1.49. The van der Waals surface area contributed by atoms with Gasteiger partial charge in [-0.15, -0.1) is 0 Å². The van der Waals surface area contributed by atoms with Crippen LogP contribution in [0.5, 0.6) is 0 Å². The molecule has 0 aliphatic heterocycles. The summed E-state index contributed by atoms with van der Waals surface area (Å²) in [6, 6.07) is 8.16. The highest BCUT2D eigenvalue weighted by Gasteiger charge is 2.02. The average Bonchev–Trinajstić information content (AvgIpc) is 2.30. The van der Waals surface area contributed by atoms with Crippen molar-refractivity contribution in [1.29, 1.82) is 0 Å². The lowest BCUT2D eigenvalue weighted by atomic mass is 10.0. The molecule has 2 rings (SSSR count). The van der Waals surface area contributed by atoms with Crippen molar-refractivity contribution in [2.75, 3.05) is 0 Å². The van der Waals surface area contributed by atoms with E-state index in [9.17, 15) is 0 Å². The molecule has 0 aliphatic carbocycles. The second kappa shape index (κ2) is 4.22. The molecule has 2 aromatic rings. The summed E-state index contributed by atoms with van der Waals surface area (Å²) in [6.07, 6.45) is 5.45. The van der Waals surface area contributed by atoms with Crippen molar-refractivity contribution in [3.8, 4) is 11.3 Å². The van der Waals surface area contributed by atoms with Crippen LogP contribution in [0.25, 0.3) is 11.3 Å². The van der Waals surface area contributed by atoms with Gasteiger partial charge in [0, 0.05) is 24.2 Å². The second-order valence-electron chi connectivity index (χ2n) is 3.87. The fourth-order valence-corrected chi connectivity index (χ4v) is 1.49. The minimum absolute atomic E-state index is 0.536. The Morgan fingerprint density at radius 3 is 2.40 bits per heavy atom. The van der Waals surface area contributed by atoms with Crippen molar-refractivity contribution in [3.05, 3.63) is 48.4 Å². The molecule has 2 nitrogen and oxygen atoms in total. The van der Waals surface area contributed by atoms with Crippen molar-refractivity contribution in [2.45, 2.75) is 19.8 Å². The van der Waals surface area contributed by atoms with E-state index in [4.69, 9.17) is 0 Å². The smallest absolute Gasteiger partial charge is 0.0705 e. The van der Waals surface area contributed by atoms with Crippen molar-refractivity contribution in [1.82, 2.24) is 9.97 Å². The summed E-state index contributed by atoms with van der Waals surface area (Å²) < 4.78 is 0. The molecule has 2 heterocycles. The first-order valence-corrected chi connectivity index (χ1v) is 5.13. The van der Waals surface area contributed by atoms with Gasteiger partial charge in [0.2, 0.25) is 0 Å². The van der Waals surface area contributed by atoms with Crippen LogP contribution in [0.3, 0.4) is 0 Å². The lowest BCUT2D eigenvalue weighted by Gasteiger charge is -2.06. The zero-order valence-electron chi connectivity index (χ0n) is 9.01. The average molecular weight is 198 g/mol. The third-order valence-corrected chi connectivity index (χ3v) is 2.43. The molecule has 0 saturated heterocycles. The summed E-state index contributed by atoms with van der Waals surface area (Å²) in [5, 5.41) is 0. The molecule has 15 heavy (non-hydrogen) atoms. The number of hydrogen-bond acceptors (Lipinski definition) is 2. The maximum atomic E-state index is 4.36. The van der Waals surface area contributed by atoms with Gasteiger partial charge in [-0.3, -0.25) is 9.97 Å². The molecule has 0 spiro atoms. The van der Waals surface area contributed by atoms with E-state index in [0.29, 0.717) is 5.92 Å². The number of rotatable bonds is 2. The van der Waals surface area contributed by atoms with Gasteiger partial charge in [0.25, 0.3) is 0 Å². The van der Waals surface area contributed by atoms with Crippen LogP contribution < -0.4 is 0 Å². The van der Waals surface area contributed by atoms with Gasteiger partial charge in [-0.25, -0.2) is 0 Å². The van der Waals surface area contributed by atoms with Gasteiger partial charge in [0.15, 0.2) is 0 Å². The maximum absolute atomic E-state index is 4.36. The zero-order chi connectivity index (χ0) is 10.7. The normalized spacial score (nSPS) is 10.6. The number of hydrogen-bond donors (Lipinski definition) is 0. The first-order chi connectivity index (χ1) is 7.27. The Morgan fingerprint density at radius 1 is 1.00 bits per heavy atom. The number of pyridine rings is 2. The Balaban J connectivity index is 2.42. The molecule has 0 aromatic carbocycles.